The van der Waals surface area contributed by atoms with Crippen LogP contribution in [0.25, 0.3) is 11.1 Å². The van der Waals surface area contributed by atoms with Gasteiger partial charge in [-0.15, -0.1) is 0 Å². The van der Waals surface area contributed by atoms with Crippen LogP contribution in [-0.2, 0) is 6.54 Å². The van der Waals surface area contributed by atoms with Gasteiger partial charge in [0.15, 0.2) is 11.5 Å². The Bertz CT molecular complexity index is 892. The molecule has 0 aliphatic rings. The van der Waals surface area contributed by atoms with Gasteiger partial charge in [-0.05, 0) is 47.9 Å². The van der Waals surface area contributed by atoms with E-state index in [1.165, 1.54) is 5.56 Å². The molecule has 146 valence electrons. The molecule has 4 heteroatoms. The summed E-state index contributed by atoms with van der Waals surface area (Å²) in [5.41, 5.74) is 4.44. The number of nitrogens with one attached hydrogen (secondary N) is 1. The summed E-state index contributed by atoms with van der Waals surface area (Å²) in [7, 11) is 5.00. The van der Waals surface area contributed by atoms with Crippen LogP contribution in [0.3, 0.4) is 0 Å². The first-order valence-electron chi connectivity index (χ1n) is 9.34. The Hall–Kier alpha value is -2.98. The first-order chi connectivity index (χ1) is 13.7. The first-order valence-corrected chi connectivity index (χ1v) is 9.34. The van der Waals surface area contributed by atoms with Crippen molar-refractivity contribution in [3.8, 4) is 28.4 Å². The van der Waals surface area contributed by atoms with Crippen LogP contribution in [-0.4, -0.2) is 21.3 Å². The molecule has 3 aromatic rings. The maximum Gasteiger partial charge on any atom is 0.168 e. The van der Waals surface area contributed by atoms with E-state index in [2.05, 4.69) is 42.6 Å². The number of hydrogen-bond donors (Lipinski definition) is 1. The van der Waals surface area contributed by atoms with E-state index in [1.54, 1.807) is 21.3 Å². The summed E-state index contributed by atoms with van der Waals surface area (Å²) < 4.78 is 16.5. The van der Waals surface area contributed by atoms with Gasteiger partial charge < -0.3 is 19.5 Å². The number of methoxy groups -OCH3 is 3. The third-order valence-corrected chi connectivity index (χ3v) is 4.85. The third-order valence-electron chi connectivity index (χ3n) is 4.85. The van der Waals surface area contributed by atoms with Gasteiger partial charge in [0.05, 0.1) is 21.3 Å². The topological polar surface area (TPSA) is 39.7 Å². The van der Waals surface area contributed by atoms with Gasteiger partial charge in [0, 0.05) is 18.2 Å². The van der Waals surface area contributed by atoms with Crippen LogP contribution in [0.5, 0.6) is 17.2 Å². The molecule has 1 unspecified atom stereocenters. The van der Waals surface area contributed by atoms with Gasteiger partial charge in [0.1, 0.15) is 5.75 Å². The lowest BCUT2D eigenvalue weighted by Gasteiger charge is -2.18. The second-order valence-corrected chi connectivity index (χ2v) is 6.62. The molecule has 28 heavy (non-hydrogen) atoms. The minimum atomic E-state index is 0.249. The van der Waals surface area contributed by atoms with Gasteiger partial charge in [0.25, 0.3) is 0 Å². The number of rotatable bonds is 8. The second-order valence-electron chi connectivity index (χ2n) is 6.62. The van der Waals surface area contributed by atoms with Crippen LogP contribution in [0.15, 0.2) is 66.7 Å². The van der Waals surface area contributed by atoms with Gasteiger partial charge in [-0.3, -0.25) is 0 Å². The van der Waals surface area contributed by atoms with E-state index in [0.717, 1.165) is 40.5 Å². The molecule has 0 bridgehead atoms. The summed E-state index contributed by atoms with van der Waals surface area (Å²) in [6.45, 7) is 2.89. The summed E-state index contributed by atoms with van der Waals surface area (Å²) in [4.78, 5) is 0. The molecule has 3 rings (SSSR count). The highest BCUT2D eigenvalue weighted by Gasteiger charge is 2.15. The summed E-state index contributed by atoms with van der Waals surface area (Å²) in [5.74, 6) is 2.27. The van der Waals surface area contributed by atoms with Crippen molar-refractivity contribution in [2.45, 2.75) is 19.5 Å². The lowest BCUT2D eigenvalue weighted by Crippen LogP contribution is -2.18. The number of benzene rings is 3. The molecule has 0 aliphatic heterocycles. The van der Waals surface area contributed by atoms with E-state index in [-0.39, 0.29) is 6.04 Å². The van der Waals surface area contributed by atoms with E-state index in [4.69, 9.17) is 14.2 Å². The maximum absolute atomic E-state index is 5.65. The summed E-state index contributed by atoms with van der Waals surface area (Å²) in [6.07, 6.45) is 0. The van der Waals surface area contributed by atoms with Gasteiger partial charge >= 0.3 is 0 Å². The minimum absolute atomic E-state index is 0.249. The lowest BCUT2D eigenvalue weighted by atomic mass is 10.0. The molecule has 1 atom stereocenters. The average molecular weight is 377 g/mol. The van der Waals surface area contributed by atoms with Gasteiger partial charge in [0.2, 0.25) is 0 Å². The van der Waals surface area contributed by atoms with Crippen LogP contribution >= 0.6 is 0 Å². The van der Waals surface area contributed by atoms with Crippen molar-refractivity contribution in [3.05, 3.63) is 77.9 Å². The summed E-state index contributed by atoms with van der Waals surface area (Å²) >= 11 is 0. The molecule has 0 aliphatic carbocycles. The molecule has 0 saturated heterocycles. The Morgan fingerprint density at radius 2 is 1.54 bits per heavy atom. The fourth-order valence-corrected chi connectivity index (χ4v) is 3.24. The predicted molar refractivity (Wildman–Crippen MR) is 113 cm³/mol. The zero-order chi connectivity index (χ0) is 19.9. The van der Waals surface area contributed by atoms with Crippen LogP contribution in [0.1, 0.15) is 24.1 Å². The van der Waals surface area contributed by atoms with Crippen molar-refractivity contribution in [2.75, 3.05) is 21.3 Å². The third kappa shape index (κ3) is 4.46. The molecule has 0 spiro atoms. The highest BCUT2D eigenvalue weighted by molar-refractivity contribution is 5.75. The monoisotopic (exact) mass is 377 g/mol. The molecular weight excluding hydrogens is 350 g/mol. The fraction of sp³-hybridized carbons (Fsp3) is 0.250. The second kappa shape index (κ2) is 9.29. The van der Waals surface area contributed by atoms with Gasteiger partial charge in [-0.1, -0.05) is 42.5 Å². The Morgan fingerprint density at radius 1 is 0.821 bits per heavy atom. The van der Waals surface area contributed by atoms with Crippen molar-refractivity contribution < 1.29 is 14.2 Å². The Balaban J connectivity index is 1.89. The van der Waals surface area contributed by atoms with Crippen molar-refractivity contribution in [2.24, 2.45) is 0 Å². The molecule has 0 aromatic heterocycles. The van der Waals surface area contributed by atoms with E-state index < -0.39 is 0 Å². The molecule has 0 heterocycles. The van der Waals surface area contributed by atoms with Crippen LogP contribution in [0, 0.1) is 0 Å². The molecule has 0 radical (unpaired) electrons. The molecule has 0 fully saturated rings. The molecule has 3 aromatic carbocycles. The molecule has 4 nitrogen and oxygen atoms in total. The zero-order valence-electron chi connectivity index (χ0n) is 16.9. The highest BCUT2D eigenvalue weighted by Crippen LogP contribution is 2.39. The number of hydrogen-bond acceptors (Lipinski definition) is 4. The SMILES string of the molecule is COc1ccc(-c2cc(CNC(C)c3ccccc3)cc(OC)c2OC)cc1. The number of ether oxygens (including phenoxy) is 3. The molecular formula is C24H27NO3. The van der Waals surface area contributed by atoms with E-state index in [9.17, 15) is 0 Å². The van der Waals surface area contributed by atoms with E-state index in [1.807, 2.05) is 36.4 Å². The molecule has 0 amide bonds. The smallest absolute Gasteiger partial charge is 0.168 e. The lowest BCUT2D eigenvalue weighted by molar-refractivity contribution is 0.355. The summed E-state index contributed by atoms with van der Waals surface area (Å²) in [5, 5.41) is 3.58. The van der Waals surface area contributed by atoms with Crippen LogP contribution < -0.4 is 19.5 Å². The fourth-order valence-electron chi connectivity index (χ4n) is 3.24. The predicted octanol–water partition coefficient (Wildman–Crippen LogP) is 5.23. The maximum atomic E-state index is 5.65. The Morgan fingerprint density at radius 3 is 2.14 bits per heavy atom. The van der Waals surface area contributed by atoms with Gasteiger partial charge in [-0.25, -0.2) is 0 Å². The first kappa shape index (κ1) is 19.8. The standard InChI is InChI=1S/C24H27NO3/c1-17(19-8-6-5-7-9-19)25-16-18-14-22(24(28-4)23(15-18)27-3)20-10-12-21(26-2)13-11-20/h5-15,17,25H,16H2,1-4H3. The minimum Gasteiger partial charge on any atom is -0.497 e. The quantitative estimate of drug-likeness (QED) is 0.583. The van der Waals surface area contributed by atoms with Crippen molar-refractivity contribution in [1.82, 2.24) is 5.32 Å². The van der Waals surface area contributed by atoms with Crippen molar-refractivity contribution >= 4 is 0 Å². The highest BCUT2D eigenvalue weighted by atomic mass is 16.5. The average Bonchev–Trinajstić information content (AvgIpc) is 2.77. The van der Waals surface area contributed by atoms with Crippen molar-refractivity contribution in [1.29, 1.82) is 0 Å². The molecule has 1 N–H and O–H groups in total. The largest absolute Gasteiger partial charge is 0.497 e. The van der Waals surface area contributed by atoms with Gasteiger partial charge in [-0.2, -0.15) is 0 Å². The van der Waals surface area contributed by atoms with E-state index in [0.29, 0.717) is 0 Å². The molecule has 0 saturated carbocycles. The van der Waals surface area contributed by atoms with E-state index >= 15 is 0 Å². The normalized spacial score (nSPS) is 11.7. The zero-order valence-corrected chi connectivity index (χ0v) is 16.9. The van der Waals surface area contributed by atoms with Crippen LogP contribution in [0.2, 0.25) is 0 Å². The Kier molecular flexibility index (Phi) is 6.56. The van der Waals surface area contributed by atoms with Crippen molar-refractivity contribution in [3.63, 3.8) is 0 Å². The summed E-state index contributed by atoms with van der Waals surface area (Å²) in [6, 6.07) is 22.8. The van der Waals surface area contributed by atoms with Crippen LogP contribution in [0.4, 0.5) is 0 Å². The Labute approximate surface area is 167 Å².